The molecule has 0 atom stereocenters. The molecule has 19 heavy (non-hydrogen) atoms. The molecule has 0 unspecified atom stereocenters. The first-order chi connectivity index (χ1) is 9.30. The Bertz CT molecular complexity index is 536. The van der Waals surface area contributed by atoms with Gasteiger partial charge in [-0.15, -0.1) is 0 Å². The van der Waals surface area contributed by atoms with Gasteiger partial charge in [-0.1, -0.05) is 19.8 Å². The predicted molar refractivity (Wildman–Crippen MR) is 83.4 cm³/mol. The molecule has 104 valence electrons. The summed E-state index contributed by atoms with van der Waals surface area (Å²) in [7, 11) is 1.69. The minimum atomic E-state index is 0.828. The van der Waals surface area contributed by atoms with Crippen molar-refractivity contribution in [2.45, 2.75) is 39.2 Å². The summed E-state index contributed by atoms with van der Waals surface area (Å²) in [6.45, 7) is 3.27. The Morgan fingerprint density at radius 1 is 1.32 bits per heavy atom. The maximum absolute atomic E-state index is 5.27. The van der Waals surface area contributed by atoms with E-state index in [2.05, 4.69) is 30.2 Å². The van der Waals surface area contributed by atoms with Crippen LogP contribution in [0.4, 0.5) is 0 Å². The van der Waals surface area contributed by atoms with Crippen molar-refractivity contribution in [2.75, 3.05) is 12.9 Å². The number of hydrogen-bond donors (Lipinski definition) is 1. The molecular formula is C15H22N2OS. The largest absolute Gasteiger partial charge is 0.497 e. The van der Waals surface area contributed by atoms with Gasteiger partial charge in [0.15, 0.2) is 0 Å². The average Bonchev–Trinajstić information content (AvgIpc) is 2.76. The number of fused-ring (bicyclic) bond motifs is 1. The van der Waals surface area contributed by atoms with Crippen LogP contribution >= 0.6 is 12.6 Å². The van der Waals surface area contributed by atoms with E-state index in [4.69, 9.17) is 9.72 Å². The van der Waals surface area contributed by atoms with Gasteiger partial charge >= 0.3 is 0 Å². The standard InChI is InChI=1S/C15H22N2OS/c1-3-4-5-9-17-14-7-6-12(18-2)11-13(14)16-15(17)8-10-19/h6-7,11,19H,3-5,8-10H2,1-2H3. The Morgan fingerprint density at radius 2 is 2.16 bits per heavy atom. The minimum absolute atomic E-state index is 0.828. The van der Waals surface area contributed by atoms with E-state index in [-0.39, 0.29) is 0 Å². The van der Waals surface area contributed by atoms with Gasteiger partial charge in [-0.05, 0) is 24.3 Å². The second kappa shape index (κ2) is 6.85. The number of nitrogens with zero attached hydrogens (tertiary/aromatic N) is 2. The molecule has 0 saturated heterocycles. The van der Waals surface area contributed by atoms with Gasteiger partial charge in [0.05, 0.1) is 18.1 Å². The number of thiol groups is 1. The number of ether oxygens (including phenoxy) is 1. The van der Waals surface area contributed by atoms with Crippen LogP contribution in [-0.2, 0) is 13.0 Å². The Morgan fingerprint density at radius 3 is 2.84 bits per heavy atom. The van der Waals surface area contributed by atoms with Crippen molar-refractivity contribution >= 4 is 23.7 Å². The SMILES string of the molecule is CCCCCn1c(CCS)nc2cc(OC)ccc21. The van der Waals surface area contributed by atoms with Crippen LogP contribution in [0.1, 0.15) is 32.0 Å². The molecule has 0 radical (unpaired) electrons. The van der Waals surface area contributed by atoms with Crippen LogP contribution in [0.2, 0.25) is 0 Å². The van der Waals surface area contributed by atoms with Crippen molar-refractivity contribution < 1.29 is 4.74 Å². The molecule has 0 aliphatic rings. The lowest BCUT2D eigenvalue weighted by Gasteiger charge is -2.08. The summed E-state index contributed by atoms with van der Waals surface area (Å²) in [6.07, 6.45) is 4.61. The van der Waals surface area contributed by atoms with Crippen molar-refractivity contribution in [1.29, 1.82) is 0 Å². The molecule has 0 saturated carbocycles. The molecule has 0 aliphatic heterocycles. The summed E-state index contributed by atoms with van der Waals surface area (Å²) >= 11 is 4.33. The van der Waals surface area contributed by atoms with Gasteiger partial charge in [0.25, 0.3) is 0 Å². The van der Waals surface area contributed by atoms with E-state index >= 15 is 0 Å². The van der Waals surface area contributed by atoms with Gasteiger partial charge in [-0.3, -0.25) is 0 Å². The Labute approximate surface area is 120 Å². The zero-order valence-electron chi connectivity index (χ0n) is 11.7. The molecule has 0 fully saturated rings. The fourth-order valence-electron chi connectivity index (χ4n) is 2.35. The summed E-state index contributed by atoms with van der Waals surface area (Å²) in [6, 6.07) is 6.12. The average molecular weight is 278 g/mol. The first-order valence-corrected chi connectivity index (χ1v) is 7.57. The minimum Gasteiger partial charge on any atom is -0.497 e. The third-order valence-corrected chi connectivity index (χ3v) is 3.58. The monoisotopic (exact) mass is 278 g/mol. The summed E-state index contributed by atoms with van der Waals surface area (Å²) in [5.74, 6) is 2.83. The van der Waals surface area contributed by atoms with E-state index in [1.54, 1.807) is 7.11 Å². The van der Waals surface area contributed by atoms with Crippen LogP contribution in [0.5, 0.6) is 5.75 Å². The van der Waals surface area contributed by atoms with E-state index < -0.39 is 0 Å². The molecule has 1 aromatic heterocycles. The van der Waals surface area contributed by atoms with E-state index in [0.29, 0.717) is 0 Å². The van der Waals surface area contributed by atoms with Gasteiger partial charge in [-0.2, -0.15) is 12.6 Å². The molecule has 1 heterocycles. The lowest BCUT2D eigenvalue weighted by atomic mass is 10.2. The Hall–Kier alpha value is -1.16. The summed E-state index contributed by atoms with van der Waals surface area (Å²) < 4.78 is 7.60. The predicted octanol–water partition coefficient (Wildman–Crippen LogP) is 3.71. The fraction of sp³-hybridized carbons (Fsp3) is 0.533. The van der Waals surface area contributed by atoms with E-state index in [0.717, 1.165) is 35.8 Å². The van der Waals surface area contributed by atoms with Crippen molar-refractivity contribution in [2.24, 2.45) is 0 Å². The van der Waals surface area contributed by atoms with Crippen LogP contribution in [0.3, 0.4) is 0 Å². The fourth-order valence-corrected chi connectivity index (χ4v) is 2.55. The van der Waals surface area contributed by atoms with Crippen molar-refractivity contribution in [3.05, 3.63) is 24.0 Å². The first-order valence-electron chi connectivity index (χ1n) is 6.94. The number of benzene rings is 1. The van der Waals surface area contributed by atoms with E-state index in [1.807, 2.05) is 12.1 Å². The van der Waals surface area contributed by atoms with Crippen molar-refractivity contribution in [1.82, 2.24) is 9.55 Å². The number of aromatic nitrogens is 2. The highest BCUT2D eigenvalue weighted by atomic mass is 32.1. The number of methoxy groups -OCH3 is 1. The molecular weight excluding hydrogens is 256 g/mol. The molecule has 4 heteroatoms. The highest BCUT2D eigenvalue weighted by Gasteiger charge is 2.10. The van der Waals surface area contributed by atoms with Crippen LogP contribution in [0, 0.1) is 0 Å². The topological polar surface area (TPSA) is 27.1 Å². The van der Waals surface area contributed by atoms with Crippen molar-refractivity contribution in [3.8, 4) is 5.75 Å². The number of unbranched alkanes of at least 4 members (excludes halogenated alkanes) is 2. The van der Waals surface area contributed by atoms with Crippen LogP contribution < -0.4 is 4.74 Å². The zero-order valence-corrected chi connectivity index (χ0v) is 12.6. The Kier molecular flexibility index (Phi) is 5.14. The maximum atomic E-state index is 5.27. The third kappa shape index (κ3) is 3.24. The van der Waals surface area contributed by atoms with Crippen molar-refractivity contribution in [3.63, 3.8) is 0 Å². The quantitative estimate of drug-likeness (QED) is 0.617. The maximum Gasteiger partial charge on any atom is 0.121 e. The molecule has 2 aromatic rings. The van der Waals surface area contributed by atoms with E-state index in [9.17, 15) is 0 Å². The second-order valence-corrected chi connectivity index (χ2v) is 5.16. The molecule has 3 nitrogen and oxygen atoms in total. The van der Waals surface area contributed by atoms with Crippen LogP contribution in [0.15, 0.2) is 18.2 Å². The number of aryl methyl sites for hydroxylation is 2. The highest BCUT2D eigenvalue weighted by Crippen LogP contribution is 2.23. The van der Waals surface area contributed by atoms with Gasteiger partial charge in [0.2, 0.25) is 0 Å². The number of hydrogen-bond acceptors (Lipinski definition) is 3. The molecule has 0 N–H and O–H groups in total. The summed E-state index contributed by atoms with van der Waals surface area (Å²) in [5, 5.41) is 0. The lowest BCUT2D eigenvalue weighted by molar-refractivity contribution is 0.415. The lowest BCUT2D eigenvalue weighted by Crippen LogP contribution is -2.04. The molecule has 1 aromatic carbocycles. The van der Waals surface area contributed by atoms with Gasteiger partial charge in [0, 0.05) is 19.0 Å². The molecule has 2 rings (SSSR count). The normalized spacial score (nSPS) is 11.1. The Balaban J connectivity index is 2.35. The summed E-state index contributed by atoms with van der Waals surface area (Å²) in [5.41, 5.74) is 2.22. The van der Waals surface area contributed by atoms with Gasteiger partial charge < -0.3 is 9.30 Å². The summed E-state index contributed by atoms with van der Waals surface area (Å²) in [4.78, 5) is 4.72. The molecule has 0 bridgehead atoms. The van der Waals surface area contributed by atoms with Crippen LogP contribution in [0.25, 0.3) is 11.0 Å². The van der Waals surface area contributed by atoms with Gasteiger partial charge in [0.1, 0.15) is 11.6 Å². The third-order valence-electron chi connectivity index (χ3n) is 3.36. The van der Waals surface area contributed by atoms with Crippen LogP contribution in [-0.4, -0.2) is 22.4 Å². The van der Waals surface area contributed by atoms with E-state index in [1.165, 1.54) is 24.8 Å². The molecule has 0 aliphatic carbocycles. The smallest absolute Gasteiger partial charge is 0.121 e. The number of rotatable bonds is 7. The second-order valence-electron chi connectivity index (χ2n) is 4.72. The zero-order chi connectivity index (χ0) is 13.7. The number of imidazole rings is 1. The molecule has 0 amide bonds. The highest BCUT2D eigenvalue weighted by molar-refractivity contribution is 7.80. The molecule has 0 spiro atoms. The first kappa shape index (κ1) is 14.3. The van der Waals surface area contributed by atoms with Gasteiger partial charge in [-0.25, -0.2) is 4.98 Å².